The number of hydrogen-bond donors (Lipinski definition) is 0. The van der Waals surface area contributed by atoms with Crippen LogP contribution in [-0.4, -0.2) is 6.61 Å². The normalized spacial score (nSPS) is 21.6. The Labute approximate surface area is 142 Å². The van der Waals surface area contributed by atoms with Crippen LogP contribution in [0.3, 0.4) is 0 Å². The number of allylic oxidation sites excluding steroid dienone is 2. The lowest BCUT2D eigenvalue weighted by Gasteiger charge is -2.23. The van der Waals surface area contributed by atoms with Gasteiger partial charge in [-0.05, 0) is 56.1 Å². The fourth-order valence-corrected chi connectivity index (χ4v) is 3.34. The van der Waals surface area contributed by atoms with E-state index in [4.69, 9.17) is 4.74 Å². The van der Waals surface area contributed by atoms with Gasteiger partial charge in [0.15, 0.2) is 11.6 Å². The summed E-state index contributed by atoms with van der Waals surface area (Å²) < 4.78 is 45.7. The lowest BCUT2D eigenvalue weighted by atomic mass is 9.83. The minimum absolute atomic E-state index is 0.0941. The smallest absolute Gasteiger partial charge is 0.267 e. The van der Waals surface area contributed by atoms with Crippen LogP contribution in [0.15, 0.2) is 24.3 Å². The largest absolute Gasteiger partial charge is 0.491 e. The molecule has 0 aromatic heterocycles. The van der Waals surface area contributed by atoms with Gasteiger partial charge in [-0.2, -0.15) is 0 Å². The van der Waals surface area contributed by atoms with Crippen LogP contribution >= 0.6 is 0 Å². The quantitative estimate of drug-likeness (QED) is 0.516. The second-order valence-electron chi connectivity index (χ2n) is 6.67. The molecule has 24 heavy (non-hydrogen) atoms. The second-order valence-corrected chi connectivity index (χ2v) is 6.67. The van der Waals surface area contributed by atoms with Crippen LogP contribution in [0.2, 0.25) is 0 Å². The van der Waals surface area contributed by atoms with Gasteiger partial charge in [0, 0.05) is 0 Å². The Morgan fingerprint density at radius 1 is 1.21 bits per heavy atom. The lowest BCUT2D eigenvalue weighted by Crippen LogP contribution is -2.10. The molecule has 1 aliphatic rings. The third-order valence-corrected chi connectivity index (χ3v) is 4.80. The molecule has 0 heterocycles. The summed E-state index contributed by atoms with van der Waals surface area (Å²) in [6.45, 7) is 4.24. The van der Waals surface area contributed by atoms with E-state index in [2.05, 4.69) is 19.1 Å². The van der Waals surface area contributed by atoms with E-state index < -0.39 is 17.8 Å². The van der Waals surface area contributed by atoms with Gasteiger partial charge in [0.25, 0.3) is 6.43 Å². The van der Waals surface area contributed by atoms with Crippen LogP contribution in [-0.2, 0) is 6.42 Å². The zero-order valence-electron chi connectivity index (χ0n) is 14.5. The van der Waals surface area contributed by atoms with Crippen molar-refractivity contribution in [3.05, 3.63) is 41.2 Å². The average Bonchev–Trinajstić information content (AvgIpc) is 2.55. The molecule has 2 rings (SSSR count). The summed E-state index contributed by atoms with van der Waals surface area (Å²) in [6.07, 6.45) is 7.44. The van der Waals surface area contributed by atoms with E-state index in [9.17, 15) is 13.2 Å². The topological polar surface area (TPSA) is 9.23 Å². The van der Waals surface area contributed by atoms with Crippen LogP contribution in [0.4, 0.5) is 13.2 Å². The van der Waals surface area contributed by atoms with E-state index >= 15 is 0 Å². The third kappa shape index (κ3) is 5.02. The van der Waals surface area contributed by atoms with E-state index in [0.29, 0.717) is 24.3 Å². The molecule has 0 radical (unpaired) electrons. The minimum atomic E-state index is -2.83. The molecule has 0 aliphatic heterocycles. The van der Waals surface area contributed by atoms with Crippen molar-refractivity contribution in [2.24, 2.45) is 11.8 Å². The maximum absolute atomic E-state index is 14.2. The zero-order chi connectivity index (χ0) is 17.5. The van der Waals surface area contributed by atoms with Crippen molar-refractivity contribution >= 4 is 0 Å². The number of benzene rings is 1. The van der Waals surface area contributed by atoms with E-state index in [1.165, 1.54) is 31.7 Å². The molecular weight excluding hydrogens is 313 g/mol. The summed E-state index contributed by atoms with van der Waals surface area (Å²) in [7, 11) is 0. The van der Waals surface area contributed by atoms with Crippen molar-refractivity contribution in [1.82, 2.24) is 0 Å². The predicted molar refractivity (Wildman–Crippen MR) is 91.1 cm³/mol. The van der Waals surface area contributed by atoms with Crippen molar-refractivity contribution in [3.8, 4) is 5.75 Å². The van der Waals surface area contributed by atoms with E-state index in [1.807, 2.05) is 0 Å². The first-order valence-electron chi connectivity index (χ1n) is 8.91. The first-order chi connectivity index (χ1) is 11.5. The molecule has 0 bridgehead atoms. The molecule has 0 N–H and O–H groups in total. The predicted octanol–water partition coefficient (Wildman–Crippen LogP) is 6.48. The van der Waals surface area contributed by atoms with Crippen LogP contribution in [0, 0.1) is 17.7 Å². The highest BCUT2D eigenvalue weighted by molar-refractivity contribution is 5.38. The molecular formula is C20H27F3O. The second kappa shape index (κ2) is 9.14. The Balaban J connectivity index is 1.97. The number of hydrogen-bond acceptors (Lipinski definition) is 1. The van der Waals surface area contributed by atoms with Crippen molar-refractivity contribution in [1.29, 1.82) is 0 Å². The van der Waals surface area contributed by atoms with Crippen molar-refractivity contribution < 1.29 is 17.9 Å². The van der Waals surface area contributed by atoms with Gasteiger partial charge in [-0.25, -0.2) is 13.2 Å². The van der Waals surface area contributed by atoms with E-state index in [1.54, 1.807) is 13.0 Å². The van der Waals surface area contributed by atoms with Crippen molar-refractivity contribution in [3.63, 3.8) is 0 Å². The van der Waals surface area contributed by atoms with Crippen LogP contribution in [0.1, 0.15) is 63.5 Å². The lowest BCUT2D eigenvalue weighted by molar-refractivity contribution is 0.143. The molecule has 0 unspecified atom stereocenters. The fraction of sp³-hybridized carbons (Fsp3) is 0.600. The maximum atomic E-state index is 14.2. The Kier molecular flexibility index (Phi) is 7.19. The number of aryl methyl sites for hydroxylation is 1. The zero-order valence-corrected chi connectivity index (χ0v) is 14.5. The van der Waals surface area contributed by atoms with Gasteiger partial charge in [-0.15, -0.1) is 0 Å². The molecule has 1 saturated carbocycles. The number of rotatable bonds is 7. The highest BCUT2D eigenvalue weighted by atomic mass is 19.3. The summed E-state index contributed by atoms with van der Waals surface area (Å²) in [5.41, 5.74) is -0.145. The average molecular weight is 340 g/mol. The molecule has 0 atom stereocenters. The fourth-order valence-electron chi connectivity index (χ4n) is 3.34. The first-order valence-corrected chi connectivity index (χ1v) is 8.91. The van der Waals surface area contributed by atoms with Crippen LogP contribution in [0.25, 0.3) is 0 Å². The summed E-state index contributed by atoms with van der Waals surface area (Å²) >= 11 is 0. The van der Waals surface area contributed by atoms with Gasteiger partial charge in [0.1, 0.15) is 0 Å². The molecule has 1 aromatic rings. The Morgan fingerprint density at radius 2 is 1.92 bits per heavy atom. The SMILES string of the molecule is CCOc1ccc(CC/C=C/C2CCC(C)CC2)c(C(F)F)c1F. The minimum Gasteiger partial charge on any atom is -0.491 e. The summed E-state index contributed by atoms with van der Waals surface area (Å²) in [6, 6.07) is 3.01. The van der Waals surface area contributed by atoms with Gasteiger partial charge in [0.2, 0.25) is 0 Å². The highest BCUT2D eigenvalue weighted by Gasteiger charge is 2.21. The molecule has 1 aromatic carbocycles. The van der Waals surface area contributed by atoms with Crippen molar-refractivity contribution in [2.45, 2.75) is 58.8 Å². The monoisotopic (exact) mass is 340 g/mol. The Morgan fingerprint density at radius 3 is 2.54 bits per heavy atom. The summed E-state index contributed by atoms with van der Waals surface area (Å²) in [4.78, 5) is 0. The van der Waals surface area contributed by atoms with E-state index in [0.717, 1.165) is 5.92 Å². The van der Waals surface area contributed by atoms with Gasteiger partial charge in [-0.3, -0.25) is 0 Å². The van der Waals surface area contributed by atoms with Gasteiger partial charge in [0.05, 0.1) is 12.2 Å². The molecule has 0 spiro atoms. The number of halogens is 3. The maximum Gasteiger partial charge on any atom is 0.267 e. The molecule has 0 amide bonds. The van der Waals surface area contributed by atoms with Gasteiger partial charge in [-0.1, -0.05) is 38.0 Å². The molecule has 0 saturated heterocycles. The Hall–Kier alpha value is -1.45. The standard InChI is InChI=1S/C20H27F3O/c1-3-24-17-13-12-16(18(19(17)21)20(22)23)7-5-4-6-15-10-8-14(2)9-11-15/h4,6,12-15,20H,3,5,7-11H2,1-2H3/b6-4+. The Bertz CT molecular complexity index is 546. The molecule has 1 fully saturated rings. The molecule has 4 heteroatoms. The molecule has 1 nitrogen and oxygen atoms in total. The first kappa shape index (κ1) is 18.9. The highest BCUT2D eigenvalue weighted by Crippen LogP contribution is 2.33. The van der Waals surface area contributed by atoms with Crippen LogP contribution < -0.4 is 4.74 Å². The van der Waals surface area contributed by atoms with Gasteiger partial charge < -0.3 is 4.74 Å². The number of ether oxygens (including phenoxy) is 1. The van der Waals surface area contributed by atoms with E-state index in [-0.39, 0.29) is 12.4 Å². The van der Waals surface area contributed by atoms with Crippen LogP contribution in [0.5, 0.6) is 5.75 Å². The molecule has 1 aliphatic carbocycles. The number of alkyl halides is 2. The summed E-state index contributed by atoms with van der Waals surface area (Å²) in [5, 5.41) is 0. The summed E-state index contributed by atoms with van der Waals surface area (Å²) in [5.74, 6) is 0.404. The van der Waals surface area contributed by atoms with Crippen molar-refractivity contribution in [2.75, 3.05) is 6.61 Å². The molecule has 134 valence electrons. The third-order valence-electron chi connectivity index (χ3n) is 4.80. The van der Waals surface area contributed by atoms with Gasteiger partial charge >= 0.3 is 0 Å².